The van der Waals surface area contributed by atoms with Crippen LogP contribution in [0.15, 0.2) is 29.2 Å². The fourth-order valence-corrected chi connectivity index (χ4v) is 5.63. The highest BCUT2D eigenvalue weighted by atomic mass is 32.2. The van der Waals surface area contributed by atoms with Crippen LogP contribution < -0.4 is 10.1 Å². The molecule has 2 saturated heterocycles. The van der Waals surface area contributed by atoms with E-state index in [2.05, 4.69) is 5.32 Å². The van der Waals surface area contributed by atoms with Crippen LogP contribution in [0.1, 0.15) is 25.7 Å². The number of nitrogens with one attached hydrogen (secondary N) is 1. The van der Waals surface area contributed by atoms with Gasteiger partial charge in [-0.15, -0.1) is 0 Å². The lowest BCUT2D eigenvalue weighted by atomic mass is 9.85. The highest BCUT2D eigenvalue weighted by Crippen LogP contribution is 2.38. The van der Waals surface area contributed by atoms with Crippen LogP contribution in [-0.4, -0.2) is 64.5 Å². The van der Waals surface area contributed by atoms with Crippen LogP contribution >= 0.6 is 0 Å². The summed E-state index contributed by atoms with van der Waals surface area (Å²) in [5.41, 5.74) is 0. The Morgan fingerprint density at radius 3 is 2.37 bits per heavy atom. The molecule has 4 rings (SSSR count). The summed E-state index contributed by atoms with van der Waals surface area (Å²) in [4.78, 5) is 0.316. The average molecular weight is 397 g/mol. The first-order valence-electron chi connectivity index (χ1n) is 9.66. The number of sulfonamides is 1. The molecule has 0 atom stereocenters. The first-order chi connectivity index (χ1) is 13.0. The number of methoxy groups -OCH3 is 1. The third-order valence-corrected chi connectivity index (χ3v) is 7.77. The zero-order valence-electron chi connectivity index (χ0n) is 15.7. The normalized spacial score (nSPS) is 24.2. The highest BCUT2D eigenvalue weighted by Gasteiger charge is 2.41. The fraction of sp³-hybridized carbons (Fsp3) is 0.684. The number of hydrogen-bond donors (Lipinski definition) is 1. The Labute approximate surface area is 161 Å². The Hall–Kier alpha value is -1.19. The van der Waals surface area contributed by atoms with Crippen molar-refractivity contribution < 1.29 is 22.6 Å². The molecule has 0 amide bonds. The molecule has 1 N–H and O–H groups in total. The maximum absolute atomic E-state index is 12.6. The van der Waals surface area contributed by atoms with Gasteiger partial charge in [0.15, 0.2) is 5.79 Å². The zero-order chi connectivity index (χ0) is 18.9. The molecule has 1 aromatic rings. The SMILES string of the molecule is COc1ccc(S(=O)(=O)N2CC(NCC3CCC4(CC3)OCCO4)C2)cc1. The van der Waals surface area contributed by atoms with Gasteiger partial charge in [0.2, 0.25) is 10.0 Å². The molecule has 27 heavy (non-hydrogen) atoms. The van der Waals surface area contributed by atoms with E-state index < -0.39 is 10.0 Å². The second kappa shape index (κ2) is 7.67. The molecule has 3 aliphatic rings. The topological polar surface area (TPSA) is 77.1 Å². The molecule has 150 valence electrons. The first-order valence-corrected chi connectivity index (χ1v) is 11.1. The largest absolute Gasteiger partial charge is 0.497 e. The van der Waals surface area contributed by atoms with Crippen LogP contribution in [0.4, 0.5) is 0 Å². The Morgan fingerprint density at radius 1 is 1.15 bits per heavy atom. The minimum Gasteiger partial charge on any atom is -0.497 e. The molecule has 7 nitrogen and oxygen atoms in total. The molecular formula is C19H28N2O5S. The van der Waals surface area contributed by atoms with Crippen molar-refractivity contribution in [2.75, 3.05) is 40.0 Å². The number of ether oxygens (including phenoxy) is 3. The molecule has 1 spiro atoms. The van der Waals surface area contributed by atoms with Gasteiger partial charge in [0.25, 0.3) is 0 Å². The summed E-state index contributed by atoms with van der Waals surface area (Å²) < 4.78 is 43.4. The zero-order valence-corrected chi connectivity index (χ0v) is 16.5. The van der Waals surface area contributed by atoms with E-state index in [1.807, 2.05) is 0 Å². The summed E-state index contributed by atoms with van der Waals surface area (Å²) in [6.45, 7) is 3.40. The molecule has 1 saturated carbocycles. The lowest BCUT2D eigenvalue weighted by Crippen LogP contribution is -2.60. The van der Waals surface area contributed by atoms with E-state index in [0.29, 0.717) is 42.9 Å². The third-order valence-electron chi connectivity index (χ3n) is 5.92. The minimum atomic E-state index is -3.41. The highest BCUT2D eigenvalue weighted by molar-refractivity contribution is 7.89. The van der Waals surface area contributed by atoms with Crippen molar-refractivity contribution in [1.82, 2.24) is 9.62 Å². The summed E-state index contributed by atoms with van der Waals surface area (Å²) in [6.07, 6.45) is 4.10. The van der Waals surface area contributed by atoms with Crippen LogP contribution in [0.5, 0.6) is 5.75 Å². The van der Waals surface area contributed by atoms with Gasteiger partial charge in [-0.3, -0.25) is 0 Å². The van der Waals surface area contributed by atoms with Gasteiger partial charge >= 0.3 is 0 Å². The molecule has 2 heterocycles. The van der Waals surface area contributed by atoms with Crippen LogP contribution in [0.2, 0.25) is 0 Å². The van der Waals surface area contributed by atoms with Gasteiger partial charge in [-0.1, -0.05) is 0 Å². The summed E-state index contributed by atoms with van der Waals surface area (Å²) >= 11 is 0. The molecule has 0 radical (unpaired) electrons. The minimum absolute atomic E-state index is 0.230. The van der Waals surface area contributed by atoms with Crippen LogP contribution in [-0.2, 0) is 19.5 Å². The fourth-order valence-electron chi connectivity index (χ4n) is 4.10. The van der Waals surface area contributed by atoms with Crippen molar-refractivity contribution in [3.63, 3.8) is 0 Å². The smallest absolute Gasteiger partial charge is 0.243 e. The van der Waals surface area contributed by atoms with E-state index in [0.717, 1.165) is 32.2 Å². The van der Waals surface area contributed by atoms with Gasteiger partial charge in [0, 0.05) is 32.0 Å². The number of benzene rings is 1. The Bertz CT molecular complexity index is 730. The van der Waals surface area contributed by atoms with Crippen LogP contribution in [0, 0.1) is 5.92 Å². The Kier molecular flexibility index (Phi) is 5.44. The van der Waals surface area contributed by atoms with E-state index in [-0.39, 0.29) is 11.8 Å². The van der Waals surface area contributed by atoms with Crippen molar-refractivity contribution in [2.45, 2.75) is 42.4 Å². The maximum atomic E-state index is 12.6. The first kappa shape index (κ1) is 19.1. The molecular weight excluding hydrogens is 368 g/mol. The van der Waals surface area contributed by atoms with E-state index in [4.69, 9.17) is 14.2 Å². The average Bonchev–Trinajstić information content (AvgIpc) is 3.10. The number of rotatable bonds is 6. The van der Waals surface area contributed by atoms with Crippen molar-refractivity contribution >= 4 is 10.0 Å². The molecule has 3 fully saturated rings. The van der Waals surface area contributed by atoms with Crippen molar-refractivity contribution in [1.29, 1.82) is 0 Å². The van der Waals surface area contributed by atoms with Crippen molar-refractivity contribution in [2.24, 2.45) is 5.92 Å². The maximum Gasteiger partial charge on any atom is 0.243 e. The number of hydrogen-bond acceptors (Lipinski definition) is 6. The van der Waals surface area contributed by atoms with E-state index in [1.165, 1.54) is 4.31 Å². The quantitative estimate of drug-likeness (QED) is 0.787. The van der Waals surface area contributed by atoms with E-state index in [9.17, 15) is 8.42 Å². The molecule has 1 aliphatic carbocycles. The van der Waals surface area contributed by atoms with Gasteiger partial charge in [0.1, 0.15) is 5.75 Å². The lowest BCUT2D eigenvalue weighted by Gasteiger charge is -2.40. The summed E-state index contributed by atoms with van der Waals surface area (Å²) in [5.74, 6) is 0.950. The van der Waals surface area contributed by atoms with Gasteiger partial charge in [0.05, 0.1) is 25.2 Å². The second-order valence-electron chi connectivity index (χ2n) is 7.65. The second-order valence-corrected chi connectivity index (χ2v) is 9.59. The van der Waals surface area contributed by atoms with Gasteiger partial charge in [-0.2, -0.15) is 4.31 Å². The van der Waals surface area contributed by atoms with Gasteiger partial charge in [-0.25, -0.2) is 8.42 Å². The monoisotopic (exact) mass is 396 g/mol. The lowest BCUT2D eigenvalue weighted by molar-refractivity contribution is -0.182. The molecule has 2 aliphatic heterocycles. The Balaban J connectivity index is 1.21. The molecule has 0 bridgehead atoms. The summed E-state index contributed by atoms with van der Waals surface area (Å²) in [6, 6.07) is 6.78. The van der Waals surface area contributed by atoms with Crippen LogP contribution in [0.25, 0.3) is 0 Å². The van der Waals surface area contributed by atoms with Gasteiger partial charge < -0.3 is 19.5 Å². The molecule has 0 unspecified atom stereocenters. The van der Waals surface area contributed by atoms with E-state index in [1.54, 1.807) is 31.4 Å². The number of nitrogens with zero attached hydrogens (tertiary/aromatic N) is 1. The van der Waals surface area contributed by atoms with Crippen LogP contribution in [0.3, 0.4) is 0 Å². The van der Waals surface area contributed by atoms with Gasteiger partial charge in [-0.05, 0) is 49.6 Å². The molecule has 8 heteroatoms. The Morgan fingerprint density at radius 2 is 1.78 bits per heavy atom. The predicted octanol–water partition coefficient (Wildman–Crippen LogP) is 1.59. The predicted molar refractivity (Wildman–Crippen MR) is 100 cm³/mol. The molecule has 1 aromatic carbocycles. The summed E-state index contributed by atoms with van der Waals surface area (Å²) in [5, 5.41) is 3.53. The van der Waals surface area contributed by atoms with Crippen molar-refractivity contribution in [3.05, 3.63) is 24.3 Å². The standard InChI is InChI=1S/C19H28N2O5S/c1-24-17-2-4-18(5-3-17)27(22,23)21-13-16(14-21)20-12-15-6-8-19(9-7-15)25-10-11-26-19/h2-5,15-16,20H,6-14H2,1H3. The van der Waals surface area contributed by atoms with E-state index >= 15 is 0 Å². The molecule has 0 aromatic heterocycles. The van der Waals surface area contributed by atoms with Crippen molar-refractivity contribution in [3.8, 4) is 5.75 Å². The third kappa shape index (κ3) is 4.00. The summed E-state index contributed by atoms with van der Waals surface area (Å²) in [7, 11) is -1.85.